The van der Waals surface area contributed by atoms with Gasteiger partial charge in [0.2, 0.25) is 0 Å². The van der Waals surface area contributed by atoms with Crippen molar-refractivity contribution in [1.29, 1.82) is 0 Å². The van der Waals surface area contributed by atoms with Crippen LogP contribution in [0.5, 0.6) is 0 Å². The minimum atomic E-state index is -4.70. The van der Waals surface area contributed by atoms with E-state index in [4.69, 9.17) is 5.73 Å². The Bertz CT molecular complexity index is 638. The van der Waals surface area contributed by atoms with Crippen molar-refractivity contribution in [2.24, 2.45) is 5.73 Å². The van der Waals surface area contributed by atoms with Crippen LogP contribution in [0.4, 0.5) is 17.6 Å². The number of rotatable bonds is 2. The van der Waals surface area contributed by atoms with E-state index in [9.17, 15) is 17.6 Å². The smallest absolute Gasteiger partial charge is 0.326 e. The van der Waals surface area contributed by atoms with Gasteiger partial charge in [0, 0.05) is 24.0 Å². The van der Waals surface area contributed by atoms with Crippen LogP contribution in [0.15, 0.2) is 24.4 Å². The standard InChI is InChI=1S/C13H11F4N3/c1-7-4-5-19-12(20-7)10-9(13(15,16)17)3-2-8(6-18)11(10)14/h2-5H,6,18H2,1H3. The lowest BCUT2D eigenvalue weighted by molar-refractivity contribution is -0.137. The molecule has 0 spiro atoms. The maximum atomic E-state index is 14.2. The number of alkyl halides is 3. The van der Waals surface area contributed by atoms with E-state index in [2.05, 4.69) is 9.97 Å². The van der Waals surface area contributed by atoms with E-state index in [-0.39, 0.29) is 17.9 Å². The average Bonchev–Trinajstić information content (AvgIpc) is 2.37. The Balaban J connectivity index is 2.77. The summed E-state index contributed by atoms with van der Waals surface area (Å²) in [4.78, 5) is 7.59. The molecule has 1 aromatic heterocycles. The molecule has 3 nitrogen and oxygen atoms in total. The van der Waals surface area contributed by atoms with Crippen LogP contribution in [0, 0.1) is 12.7 Å². The molecule has 1 aromatic carbocycles. The number of benzene rings is 1. The molecule has 20 heavy (non-hydrogen) atoms. The lowest BCUT2D eigenvalue weighted by atomic mass is 10.0. The molecular weight excluding hydrogens is 274 g/mol. The third-order valence-corrected chi connectivity index (χ3v) is 2.77. The molecule has 0 aliphatic heterocycles. The van der Waals surface area contributed by atoms with Gasteiger partial charge in [-0.3, -0.25) is 0 Å². The number of halogens is 4. The third-order valence-electron chi connectivity index (χ3n) is 2.77. The Morgan fingerprint density at radius 3 is 2.45 bits per heavy atom. The van der Waals surface area contributed by atoms with Gasteiger partial charge in [0.15, 0.2) is 5.82 Å². The SMILES string of the molecule is Cc1ccnc(-c2c(C(F)(F)F)ccc(CN)c2F)n1. The maximum absolute atomic E-state index is 14.2. The quantitative estimate of drug-likeness (QED) is 0.863. The summed E-state index contributed by atoms with van der Waals surface area (Å²) >= 11 is 0. The van der Waals surface area contributed by atoms with Gasteiger partial charge in [-0.05, 0) is 19.1 Å². The molecule has 0 unspecified atom stereocenters. The van der Waals surface area contributed by atoms with Gasteiger partial charge in [-0.25, -0.2) is 14.4 Å². The Labute approximate surface area is 112 Å². The first-order chi connectivity index (χ1) is 9.34. The molecule has 2 rings (SSSR count). The molecule has 0 radical (unpaired) electrons. The summed E-state index contributed by atoms with van der Waals surface area (Å²) in [6.07, 6.45) is -3.41. The number of aromatic nitrogens is 2. The zero-order valence-electron chi connectivity index (χ0n) is 10.5. The van der Waals surface area contributed by atoms with E-state index in [1.54, 1.807) is 6.92 Å². The van der Waals surface area contributed by atoms with Gasteiger partial charge in [0.1, 0.15) is 5.82 Å². The Hall–Kier alpha value is -2.02. The van der Waals surface area contributed by atoms with Gasteiger partial charge in [0.25, 0.3) is 0 Å². The summed E-state index contributed by atoms with van der Waals surface area (Å²) in [5.74, 6) is -1.34. The van der Waals surface area contributed by atoms with Crippen LogP contribution in [0.3, 0.4) is 0 Å². The highest BCUT2D eigenvalue weighted by Gasteiger charge is 2.36. The van der Waals surface area contributed by atoms with Gasteiger partial charge in [-0.15, -0.1) is 0 Å². The number of hydrogen-bond acceptors (Lipinski definition) is 3. The summed E-state index contributed by atoms with van der Waals surface area (Å²) in [6, 6.07) is 3.34. The number of hydrogen-bond donors (Lipinski definition) is 1. The summed E-state index contributed by atoms with van der Waals surface area (Å²) in [7, 11) is 0. The number of nitrogens with two attached hydrogens (primary N) is 1. The molecule has 0 atom stereocenters. The van der Waals surface area contributed by atoms with Crippen LogP contribution in [0.25, 0.3) is 11.4 Å². The van der Waals surface area contributed by atoms with Gasteiger partial charge in [0.05, 0.1) is 11.1 Å². The van der Waals surface area contributed by atoms with E-state index in [1.807, 2.05) is 0 Å². The van der Waals surface area contributed by atoms with E-state index < -0.39 is 23.1 Å². The fourth-order valence-electron chi connectivity index (χ4n) is 1.80. The highest BCUT2D eigenvalue weighted by atomic mass is 19.4. The maximum Gasteiger partial charge on any atom is 0.417 e. The second kappa shape index (κ2) is 5.16. The average molecular weight is 285 g/mol. The van der Waals surface area contributed by atoms with Crippen LogP contribution in [0.2, 0.25) is 0 Å². The van der Waals surface area contributed by atoms with Gasteiger partial charge >= 0.3 is 6.18 Å². The van der Waals surface area contributed by atoms with Crippen molar-refractivity contribution in [1.82, 2.24) is 9.97 Å². The molecule has 0 bridgehead atoms. The van der Waals surface area contributed by atoms with E-state index in [0.29, 0.717) is 5.69 Å². The van der Waals surface area contributed by atoms with Crippen molar-refractivity contribution < 1.29 is 17.6 Å². The first-order valence-electron chi connectivity index (χ1n) is 5.73. The predicted octanol–water partition coefficient (Wildman–Crippen LogP) is 3.07. The monoisotopic (exact) mass is 285 g/mol. The number of nitrogens with zero attached hydrogens (tertiary/aromatic N) is 2. The molecular formula is C13H11F4N3. The van der Waals surface area contributed by atoms with Crippen LogP contribution in [-0.4, -0.2) is 9.97 Å². The second-order valence-electron chi connectivity index (χ2n) is 4.18. The molecule has 0 fully saturated rings. The molecule has 7 heteroatoms. The highest BCUT2D eigenvalue weighted by molar-refractivity contribution is 5.63. The molecule has 0 aliphatic rings. The zero-order valence-corrected chi connectivity index (χ0v) is 10.5. The van der Waals surface area contributed by atoms with Crippen LogP contribution in [0.1, 0.15) is 16.8 Å². The van der Waals surface area contributed by atoms with E-state index in [0.717, 1.165) is 12.1 Å². The van der Waals surface area contributed by atoms with E-state index >= 15 is 0 Å². The lowest BCUT2D eigenvalue weighted by Gasteiger charge is -2.15. The molecule has 2 N–H and O–H groups in total. The highest BCUT2D eigenvalue weighted by Crippen LogP contribution is 2.38. The molecule has 106 valence electrons. The Morgan fingerprint density at radius 1 is 1.20 bits per heavy atom. The van der Waals surface area contributed by atoms with Crippen molar-refractivity contribution in [3.05, 3.63) is 47.0 Å². The first-order valence-corrected chi connectivity index (χ1v) is 5.73. The second-order valence-corrected chi connectivity index (χ2v) is 4.18. The summed E-state index contributed by atoms with van der Waals surface area (Å²) in [6.45, 7) is 1.38. The minimum absolute atomic E-state index is 0.0156. The fourth-order valence-corrected chi connectivity index (χ4v) is 1.80. The third kappa shape index (κ3) is 2.62. The Kier molecular flexibility index (Phi) is 3.71. The van der Waals surface area contributed by atoms with Crippen molar-refractivity contribution in [2.75, 3.05) is 0 Å². The van der Waals surface area contributed by atoms with Crippen LogP contribution < -0.4 is 5.73 Å². The van der Waals surface area contributed by atoms with Crippen LogP contribution >= 0.6 is 0 Å². The zero-order chi connectivity index (χ0) is 14.9. The minimum Gasteiger partial charge on any atom is -0.326 e. The predicted molar refractivity (Wildman–Crippen MR) is 65.1 cm³/mol. The topological polar surface area (TPSA) is 51.8 Å². The molecule has 0 aliphatic carbocycles. The summed E-state index contributed by atoms with van der Waals surface area (Å²) in [5, 5.41) is 0. The normalized spacial score (nSPS) is 11.7. The molecule has 2 aromatic rings. The van der Waals surface area contributed by atoms with E-state index in [1.165, 1.54) is 12.3 Å². The molecule has 0 saturated carbocycles. The first kappa shape index (κ1) is 14.4. The van der Waals surface area contributed by atoms with Crippen molar-refractivity contribution >= 4 is 0 Å². The van der Waals surface area contributed by atoms with Crippen molar-refractivity contribution in [3.8, 4) is 11.4 Å². The van der Waals surface area contributed by atoms with Crippen molar-refractivity contribution in [3.63, 3.8) is 0 Å². The number of aryl methyl sites for hydroxylation is 1. The Morgan fingerprint density at radius 2 is 1.90 bits per heavy atom. The summed E-state index contributed by atoms with van der Waals surface area (Å²) < 4.78 is 53.2. The largest absolute Gasteiger partial charge is 0.417 e. The van der Waals surface area contributed by atoms with Crippen molar-refractivity contribution in [2.45, 2.75) is 19.6 Å². The van der Waals surface area contributed by atoms with Gasteiger partial charge in [-0.2, -0.15) is 13.2 Å². The van der Waals surface area contributed by atoms with Crippen LogP contribution in [-0.2, 0) is 12.7 Å². The molecule has 0 amide bonds. The molecule has 0 saturated heterocycles. The van der Waals surface area contributed by atoms with Gasteiger partial charge in [-0.1, -0.05) is 6.07 Å². The lowest BCUT2D eigenvalue weighted by Crippen LogP contribution is -2.12. The summed E-state index contributed by atoms with van der Waals surface area (Å²) in [5.41, 5.74) is 3.98. The fraction of sp³-hybridized carbons (Fsp3) is 0.231. The van der Waals surface area contributed by atoms with Gasteiger partial charge < -0.3 is 5.73 Å². The molecule has 1 heterocycles.